The first-order chi connectivity index (χ1) is 8.80. The molecule has 0 radical (unpaired) electrons. The predicted octanol–water partition coefficient (Wildman–Crippen LogP) is 1.10. The molecule has 3 atom stereocenters. The van der Waals surface area contributed by atoms with Crippen molar-refractivity contribution in [1.82, 2.24) is 4.90 Å². The molecular formula is C13H22N2O3S. The third kappa shape index (κ3) is 3.19. The number of sulfone groups is 1. The highest BCUT2D eigenvalue weighted by molar-refractivity contribution is 7.91. The van der Waals surface area contributed by atoms with Crippen LogP contribution in [0.15, 0.2) is 16.5 Å². The van der Waals surface area contributed by atoms with Crippen LogP contribution in [0.4, 0.5) is 0 Å². The van der Waals surface area contributed by atoms with Gasteiger partial charge in [-0.1, -0.05) is 0 Å². The van der Waals surface area contributed by atoms with Crippen LogP contribution in [0, 0.1) is 6.92 Å². The lowest BCUT2D eigenvalue weighted by Gasteiger charge is -2.40. The zero-order chi connectivity index (χ0) is 14.2. The van der Waals surface area contributed by atoms with E-state index < -0.39 is 9.84 Å². The van der Waals surface area contributed by atoms with Crippen molar-refractivity contribution in [2.45, 2.75) is 38.9 Å². The number of nitrogens with two attached hydrogens (primary N) is 1. The van der Waals surface area contributed by atoms with Crippen LogP contribution in [0.5, 0.6) is 0 Å². The van der Waals surface area contributed by atoms with Gasteiger partial charge in [0.05, 0.1) is 17.5 Å². The van der Waals surface area contributed by atoms with Crippen LogP contribution in [0.2, 0.25) is 0 Å². The standard InChI is InChI=1S/C13H22N2O3S/c1-9-8-19(16,17)7-6-15(9)13(11(3)14)12-5-4-10(2)18-12/h4-5,9,11,13H,6-8,14H2,1-3H3. The van der Waals surface area contributed by atoms with Gasteiger partial charge in [-0.3, -0.25) is 4.90 Å². The molecule has 1 aliphatic rings. The van der Waals surface area contributed by atoms with Crippen molar-refractivity contribution in [3.8, 4) is 0 Å². The van der Waals surface area contributed by atoms with Crippen LogP contribution in [0.1, 0.15) is 31.4 Å². The van der Waals surface area contributed by atoms with Crippen LogP contribution in [-0.4, -0.2) is 43.5 Å². The minimum absolute atomic E-state index is 0.0415. The average molecular weight is 286 g/mol. The summed E-state index contributed by atoms with van der Waals surface area (Å²) in [6.07, 6.45) is 0. The lowest BCUT2D eigenvalue weighted by Crippen LogP contribution is -2.52. The van der Waals surface area contributed by atoms with E-state index in [0.717, 1.165) is 11.5 Å². The Kier molecular flexibility index (Phi) is 4.03. The molecule has 5 nitrogen and oxygen atoms in total. The van der Waals surface area contributed by atoms with Gasteiger partial charge >= 0.3 is 0 Å². The van der Waals surface area contributed by atoms with Gasteiger partial charge in [-0.05, 0) is 32.9 Å². The molecule has 0 spiro atoms. The molecule has 1 saturated heterocycles. The Balaban J connectivity index is 2.26. The van der Waals surface area contributed by atoms with Gasteiger partial charge in [0.15, 0.2) is 9.84 Å². The molecule has 19 heavy (non-hydrogen) atoms. The van der Waals surface area contributed by atoms with Crippen LogP contribution in [-0.2, 0) is 9.84 Å². The summed E-state index contributed by atoms with van der Waals surface area (Å²) in [6.45, 7) is 6.27. The van der Waals surface area contributed by atoms with E-state index in [9.17, 15) is 8.42 Å². The molecular weight excluding hydrogens is 264 g/mol. The maximum absolute atomic E-state index is 11.7. The Morgan fingerprint density at radius 2 is 2.16 bits per heavy atom. The molecule has 3 unspecified atom stereocenters. The second-order valence-electron chi connectivity index (χ2n) is 5.45. The lowest BCUT2D eigenvalue weighted by atomic mass is 10.0. The first-order valence-corrected chi connectivity index (χ1v) is 8.40. The molecule has 1 aliphatic heterocycles. The Bertz CT molecular complexity index is 536. The SMILES string of the molecule is Cc1ccc(C(C(C)N)N2CCS(=O)(=O)CC2C)o1. The number of nitrogens with zero attached hydrogens (tertiary/aromatic N) is 1. The van der Waals surface area contributed by atoms with Crippen molar-refractivity contribution in [3.05, 3.63) is 23.7 Å². The minimum atomic E-state index is -2.91. The molecule has 0 amide bonds. The topological polar surface area (TPSA) is 76.5 Å². The van der Waals surface area contributed by atoms with Crippen molar-refractivity contribution >= 4 is 9.84 Å². The van der Waals surface area contributed by atoms with E-state index in [4.69, 9.17) is 10.2 Å². The van der Waals surface area contributed by atoms with E-state index in [1.165, 1.54) is 0 Å². The second kappa shape index (κ2) is 5.26. The summed E-state index contributed by atoms with van der Waals surface area (Å²) < 4.78 is 29.0. The lowest BCUT2D eigenvalue weighted by molar-refractivity contribution is 0.121. The van der Waals surface area contributed by atoms with Gasteiger partial charge in [0.2, 0.25) is 0 Å². The van der Waals surface area contributed by atoms with Crippen molar-refractivity contribution < 1.29 is 12.8 Å². The van der Waals surface area contributed by atoms with E-state index in [1.807, 2.05) is 32.9 Å². The smallest absolute Gasteiger partial charge is 0.153 e. The average Bonchev–Trinajstić information content (AvgIpc) is 2.67. The molecule has 2 N–H and O–H groups in total. The fourth-order valence-corrected chi connectivity index (χ4v) is 4.34. The van der Waals surface area contributed by atoms with Crippen molar-refractivity contribution in [3.63, 3.8) is 0 Å². The molecule has 0 aromatic carbocycles. The van der Waals surface area contributed by atoms with Crippen LogP contribution >= 0.6 is 0 Å². The summed E-state index contributed by atoms with van der Waals surface area (Å²) >= 11 is 0. The van der Waals surface area contributed by atoms with E-state index >= 15 is 0 Å². The molecule has 0 bridgehead atoms. The van der Waals surface area contributed by atoms with Gasteiger partial charge < -0.3 is 10.2 Å². The molecule has 2 rings (SSSR count). The van der Waals surface area contributed by atoms with Crippen molar-refractivity contribution in [1.29, 1.82) is 0 Å². The van der Waals surface area contributed by atoms with Crippen LogP contribution in [0.3, 0.4) is 0 Å². The highest BCUT2D eigenvalue weighted by Gasteiger charge is 2.36. The summed E-state index contributed by atoms with van der Waals surface area (Å²) in [5, 5.41) is 0. The number of rotatable bonds is 3. The molecule has 0 aliphatic carbocycles. The third-order valence-electron chi connectivity index (χ3n) is 3.63. The summed E-state index contributed by atoms with van der Waals surface area (Å²) in [7, 11) is -2.91. The number of hydrogen-bond donors (Lipinski definition) is 1. The Morgan fingerprint density at radius 3 is 2.63 bits per heavy atom. The van der Waals surface area contributed by atoms with E-state index in [-0.39, 0.29) is 29.6 Å². The van der Waals surface area contributed by atoms with Crippen molar-refractivity contribution in [2.24, 2.45) is 5.73 Å². The number of furan rings is 1. The highest BCUT2D eigenvalue weighted by Crippen LogP contribution is 2.29. The van der Waals surface area contributed by atoms with E-state index in [2.05, 4.69) is 4.90 Å². The maximum atomic E-state index is 11.7. The normalized spacial score (nSPS) is 27.1. The molecule has 0 saturated carbocycles. The minimum Gasteiger partial charge on any atom is -0.465 e. The predicted molar refractivity (Wildman–Crippen MR) is 74.7 cm³/mol. The summed E-state index contributed by atoms with van der Waals surface area (Å²) in [6, 6.07) is 3.61. The first-order valence-electron chi connectivity index (χ1n) is 6.58. The fourth-order valence-electron chi connectivity index (χ4n) is 2.76. The summed E-state index contributed by atoms with van der Waals surface area (Å²) in [5.41, 5.74) is 6.09. The Labute approximate surface area is 114 Å². The van der Waals surface area contributed by atoms with Gasteiger partial charge in [-0.15, -0.1) is 0 Å². The molecule has 6 heteroatoms. The van der Waals surface area contributed by atoms with Gasteiger partial charge in [-0.2, -0.15) is 0 Å². The molecule has 1 fully saturated rings. The first kappa shape index (κ1) is 14.6. The summed E-state index contributed by atoms with van der Waals surface area (Å²) in [4.78, 5) is 2.14. The quantitative estimate of drug-likeness (QED) is 0.900. The largest absolute Gasteiger partial charge is 0.465 e. The van der Waals surface area contributed by atoms with Gasteiger partial charge in [0.1, 0.15) is 11.5 Å². The monoisotopic (exact) mass is 286 g/mol. The zero-order valence-corrected chi connectivity index (χ0v) is 12.5. The number of aryl methyl sites for hydroxylation is 1. The number of hydrogen-bond acceptors (Lipinski definition) is 5. The van der Waals surface area contributed by atoms with Crippen LogP contribution < -0.4 is 5.73 Å². The summed E-state index contributed by atoms with van der Waals surface area (Å²) in [5.74, 6) is 2.05. The van der Waals surface area contributed by atoms with E-state index in [1.54, 1.807) is 0 Å². The molecule has 1 aromatic heterocycles. The molecule has 108 valence electrons. The van der Waals surface area contributed by atoms with Gasteiger partial charge in [0.25, 0.3) is 0 Å². The van der Waals surface area contributed by atoms with Gasteiger partial charge in [0, 0.05) is 18.6 Å². The van der Waals surface area contributed by atoms with E-state index in [0.29, 0.717) is 6.54 Å². The van der Waals surface area contributed by atoms with Crippen molar-refractivity contribution in [2.75, 3.05) is 18.1 Å². The highest BCUT2D eigenvalue weighted by atomic mass is 32.2. The van der Waals surface area contributed by atoms with Gasteiger partial charge in [-0.25, -0.2) is 8.42 Å². The Morgan fingerprint density at radius 1 is 1.47 bits per heavy atom. The zero-order valence-electron chi connectivity index (χ0n) is 11.7. The van der Waals surface area contributed by atoms with Crippen LogP contribution in [0.25, 0.3) is 0 Å². The fraction of sp³-hybridized carbons (Fsp3) is 0.692. The third-order valence-corrected chi connectivity index (χ3v) is 5.42. The molecule has 2 heterocycles. The second-order valence-corrected chi connectivity index (χ2v) is 7.68. The maximum Gasteiger partial charge on any atom is 0.153 e. The Hall–Kier alpha value is -0.850. The molecule has 1 aromatic rings.